The van der Waals surface area contributed by atoms with E-state index in [2.05, 4.69) is 67.2 Å². The molecule has 0 bridgehead atoms. The number of benzene rings is 2. The SMILES string of the molecule is C=C/C=C(\C=C/C)C(CC)(CC)c1nc(C#N)c(C#N)nc1-c1ccccc1.CCC(C)(CC)c1nc(C#N)c(C#N)nc1-c1ccccc1. The Morgan fingerprint density at radius 3 is 1.40 bits per heavy atom. The standard InChI is InChI=1S/C24H24N4.C18H18N4/c1-5-12-19(13-6-2)24(7-3,8-4)23-22(18-14-10-9-11-15-18)27-20(16-25)21(17-26)28-23;1-4-18(3,5-2)17-16(13-9-7-6-8-10-13)21-14(11-19)15(12-20)22-17/h5-6,9-15H,1,7-8H2,2-4H3;6-10H,4-5H2,1-3H3/b13-6-,19-12+;. The molecule has 2 aromatic heterocycles. The predicted octanol–water partition coefficient (Wildman–Crippen LogP) is 9.60. The molecule has 2 heterocycles. The number of allylic oxidation sites excluding steroid dienone is 5. The first-order chi connectivity index (χ1) is 24.2. The number of nitrogens with zero attached hydrogens (tertiary/aromatic N) is 8. The highest BCUT2D eigenvalue weighted by Crippen LogP contribution is 2.43. The number of hydrogen-bond acceptors (Lipinski definition) is 8. The number of aromatic nitrogens is 4. The van der Waals surface area contributed by atoms with Crippen LogP contribution in [0.1, 0.15) is 101 Å². The zero-order chi connectivity index (χ0) is 36.7. The van der Waals surface area contributed by atoms with E-state index in [0.29, 0.717) is 17.1 Å². The van der Waals surface area contributed by atoms with Gasteiger partial charge < -0.3 is 0 Å². The van der Waals surface area contributed by atoms with E-state index < -0.39 is 5.41 Å². The molecular weight excluding hydrogens is 617 g/mol. The van der Waals surface area contributed by atoms with Crippen LogP contribution in [0.4, 0.5) is 0 Å². The molecule has 0 aliphatic rings. The van der Waals surface area contributed by atoms with Crippen molar-refractivity contribution in [1.29, 1.82) is 21.0 Å². The van der Waals surface area contributed by atoms with Crippen molar-refractivity contribution >= 4 is 0 Å². The third-order valence-electron chi connectivity index (χ3n) is 9.30. The molecule has 0 spiro atoms. The van der Waals surface area contributed by atoms with Gasteiger partial charge in [-0.15, -0.1) is 0 Å². The normalized spacial score (nSPS) is 11.4. The maximum atomic E-state index is 9.54. The molecule has 0 fully saturated rings. The molecule has 0 atom stereocenters. The Hall–Kier alpha value is -6.22. The molecule has 0 radical (unpaired) electrons. The van der Waals surface area contributed by atoms with Gasteiger partial charge in [0.25, 0.3) is 0 Å². The molecule has 0 saturated carbocycles. The predicted molar refractivity (Wildman–Crippen MR) is 197 cm³/mol. The van der Waals surface area contributed by atoms with E-state index >= 15 is 0 Å². The van der Waals surface area contributed by atoms with Crippen LogP contribution in [0, 0.1) is 45.3 Å². The Morgan fingerprint density at radius 2 is 1.04 bits per heavy atom. The second kappa shape index (κ2) is 17.8. The van der Waals surface area contributed by atoms with Crippen LogP contribution in [0.15, 0.2) is 97.1 Å². The summed E-state index contributed by atoms with van der Waals surface area (Å²) in [6.45, 7) is 16.4. The summed E-state index contributed by atoms with van der Waals surface area (Å²) < 4.78 is 0. The molecule has 0 N–H and O–H groups in total. The molecule has 50 heavy (non-hydrogen) atoms. The van der Waals surface area contributed by atoms with E-state index in [4.69, 9.17) is 0 Å². The highest BCUT2D eigenvalue weighted by atomic mass is 14.9. The van der Waals surface area contributed by atoms with Crippen molar-refractivity contribution < 1.29 is 0 Å². The summed E-state index contributed by atoms with van der Waals surface area (Å²) >= 11 is 0. The van der Waals surface area contributed by atoms with Gasteiger partial charge in [-0.2, -0.15) is 21.0 Å². The van der Waals surface area contributed by atoms with E-state index in [1.165, 1.54) is 0 Å². The third-order valence-corrected chi connectivity index (χ3v) is 9.30. The van der Waals surface area contributed by atoms with Crippen LogP contribution < -0.4 is 0 Å². The average Bonchev–Trinajstić information content (AvgIpc) is 3.18. The molecule has 0 unspecified atom stereocenters. The fraction of sp³-hybridized carbons (Fsp3) is 0.286. The first-order valence-electron chi connectivity index (χ1n) is 16.7. The van der Waals surface area contributed by atoms with E-state index in [1.54, 1.807) is 6.08 Å². The minimum absolute atomic E-state index is 0.0477. The van der Waals surface area contributed by atoms with Crippen molar-refractivity contribution in [3.8, 4) is 46.8 Å². The molecular formula is C42H42N8. The minimum atomic E-state index is -0.460. The van der Waals surface area contributed by atoms with Gasteiger partial charge in [0.1, 0.15) is 24.3 Å². The quantitative estimate of drug-likeness (QED) is 0.145. The summed E-state index contributed by atoms with van der Waals surface area (Å²) in [4.78, 5) is 18.2. The van der Waals surface area contributed by atoms with Crippen LogP contribution in [0.5, 0.6) is 0 Å². The maximum Gasteiger partial charge on any atom is 0.177 e. The van der Waals surface area contributed by atoms with E-state index in [-0.39, 0.29) is 28.2 Å². The lowest BCUT2D eigenvalue weighted by molar-refractivity contribution is 0.425. The average molecular weight is 659 g/mol. The highest BCUT2D eigenvalue weighted by molar-refractivity contribution is 5.67. The Bertz CT molecular complexity index is 2020. The molecule has 8 heteroatoms. The molecule has 8 nitrogen and oxygen atoms in total. The Kier molecular flexibility index (Phi) is 13.6. The molecule has 4 aromatic rings. The van der Waals surface area contributed by atoms with Crippen LogP contribution >= 0.6 is 0 Å². The van der Waals surface area contributed by atoms with Crippen LogP contribution in [-0.2, 0) is 10.8 Å². The number of hydrogen-bond donors (Lipinski definition) is 0. The van der Waals surface area contributed by atoms with Crippen molar-refractivity contribution in [3.63, 3.8) is 0 Å². The van der Waals surface area contributed by atoms with Gasteiger partial charge in [-0.25, -0.2) is 19.9 Å². The fourth-order valence-electron chi connectivity index (χ4n) is 5.93. The number of nitriles is 4. The highest BCUT2D eigenvalue weighted by Gasteiger charge is 2.37. The van der Waals surface area contributed by atoms with Gasteiger partial charge >= 0.3 is 0 Å². The smallest absolute Gasteiger partial charge is 0.177 e. The lowest BCUT2D eigenvalue weighted by atomic mass is 9.70. The summed E-state index contributed by atoms with van der Waals surface area (Å²) in [6.07, 6.45) is 11.1. The summed E-state index contributed by atoms with van der Waals surface area (Å²) in [7, 11) is 0. The Balaban J connectivity index is 0.000000278. The van der Waals surface area contributed by atoms with E-state index in [9.17, 15) is 21.0 Å². The van der Waals surface area contributed by atoms with Gasteiger partial charge in [-0.1, -0.05) is 126 Å². The van der Waals surface area contributed by atoms with Crippen LogP contribution in [0.25, 0.3) is 22.5 Å². The summed E-state index contributed by atoms with van der Waals surface area (Å²) in [6, 6.07) is 27.4. The van der Waals surface area contributed by atoms with Gasteiger partial charge in [0.05, 0.1) is 22.8 Å². The van der Waals surface area contributed by atoms with Crippen molar-refractivity contribution in [2.45, 2.75) is 78.1 Å². The third kappa shape index (κ3) is 7.90. The van der Waals surface area contributed by atoms with Crippen LogP contribution in [0.3, 0.4) is 0 Å². The van der Waals surface area contributed by atoms with Gasteiger partial charge in [0, 0.05) is 22.0 Å². The summed E-state index contributed by atoms with van der Waals surface area (Å²) in [5.74, 6) is 0. The fourth-order valence-corrected chi connectivity index (χ4v) is 5.93. The Labute approximate surface area is 296 Å². The molecule has 4 rings (SSSR count). The van der Waals surface area contributed by atoms with Crippen LogP contribution in [0.2, 0.25) is 0 Å². The molecule has 250 valence electrons. The largest absolute Gasteiger partial charge is 0.236 e. The second-order valence-electron chi connectivity index (χ2n) is 11.8. The van der Waals surface area contributed by atoms with E-state index in [0.717, 1.165) is 48.1 Å². The topological polar surface area (TPSA) is 147 Å². The molecule has 2 aromatic carbocycles. The zero-order valence-corrected chi connectivity index (χ0v) is 29.7. The monoisotopic (exact) mass is 658 g/mol. The lowest BCUT2D eigenvalue weighted by Crippen LogP contribution is -2.30. The van der Waals surface area contributed by atoms with Crippen molar-refractivity contribution in [2.24, 2.45) is 0 Å². The Morgan fingerprint density at radius 1 is 0.640 bits per heavy atom. The van der Waals surface area contributed by atoms with Crippen LogP contribution in [-0.4, -0.2) is 19.9 Å². The maximum absolute atomic E-state index is 9.54. The number of rotatable bonds is 11. The summed E-state index contributed by atoms with van der Waals surface area (Å²) in [5, 5.41) is 37.5. The molecule has 0 aliphatic heterocycles. The molecule has 0 amide bonds. The second-order valence-corrected chi connectivity index (χ2v) is 11.8. The van der Waals surface area contributed by atoms with Gasteiger partial charge in [-0.3, -0.25) is 0 Å². The first kappa shape index (κ1) is 38.2. The van der Waals surface area contributed by atoms with Crippen molar-refractivity contribution in [1.82, 2.24) is 19.9 Å². The molecule has 0 saturated heterocycles. The summed E-state index contributed by atoms with van der Waals surface area (Å²) in [5.41, 5.74) is 5.32. The molecule has 0 aliphatic carbocycles. The first-order valence-corrected chi connectivity index (χ1v) is 16.7. The van der Waals surface area contributed by atoms with Crippen molar-refractivity contribution in [2.75, 3.05) is 0 Å². The minimum Gasteiger partial charge on any atom is -0.236 e. The zero-order valence-electron chi connectivity index (χ0n) is 29.7. The van der Waals surface area contributed by atoms with Gasteiger partial charge in [0.2, 0.25) is 0 Å². The van der Waals surface area contributed by atoms with Gasteiger partial charge in [-0.05, 0) is 38.2 Å². The van der Waals surface area contributed by atoms with E-state index in [1.807, 2.05) is 104 Å². The van der Waals surface area contributed by atoms with Crippen molar-refractivity contribution in [3.05, 3.63) is 131 Å². The van der Waals surface area contributed by atoms with Gasteiger partial charge in [0.15, 0.2) is 22.8 Å². The lowest BCUT2D eigenvalue weighted by Gasteiger charge is -2.34.